The van der Waals surface area contributed by atoms with Crippen molar-refractivity contribution >= 4 is 17.7 Å². The molecule has 1 aliphatic rings. The van der Waals surface area contributed by atoms with Crippen LogP contribution in [-0.2, 0) is 11.3 Å². The van der Waals surface area contributed by atoms with Gasteiger partial charge in [0.2, 0.25) is 5.91 Å². The van der Waals surface area contributed by atoms with E-state index in [1.165, 1.54) is 35.2 Å². The molecule has 0 spiro atoms. The summed E-state index contributed by atoms with van der Waals surface area (Å²) in [6.07, 6.45) is 3.03. The molecule has 152 valence electrons. The second-order valence-corrected chi connectivity index (χ2v) is 6.89. The summed E-state index contributed by atoms with van der Waals surface area (Å²) in [4.78, 5) is 25.8. The monoisotopic (exact) mass is 400 g/mol. The summed E-state index contributed by atoms with van der Waals surface area (Å²) in [6, 6.07) is 10.6. The van der Waals surface area contributed by atoms with Gasteiger partial charge in [-0.1, -0.05) is 12.1 Å². The Morgan fingerprint density at radius 3 is 2.72 bits per heavy atom. The molecule has 0 bridgehead atoms. The molecule has 0 unspecified atom stereocenters. The summed E-state index contributed by atoms with van der Waals surface area (Å²) in [5.74, 6) is 0.247. The number of hydrogen-bond donors (Lipinski definition) is 1. The number of ether oxygens (including phenoxy) is 1. The zero-order valence-corrected chi connectivity index (χ0v) is 16.1. The maximum atomic E-state index is 13.5. The van der Waals surface area contributed by atoms with Crippen LogP contribution in [0.25, 0.3) is 6.08 Å². The lowest BCUT2D eigenvalue weighted by Crippen LogP contribution is -3.13. The molecule has 29 heavy (non-hydrogen) atoms. The second kappa shape index (κ2) is 9.29. The maximum Gasteiger partial charge on any atom is 0.270 e. The van der Waals surface area contributed by atoms with Crippen LogP contribution >= 0.6 is 0 Å². The number of non-ortho nitro benzene ring substituents is 1. The third kappa shape index (κ3) is 5.39. The van der Waals surface area contributed by atoms with E-state index in [4.69, 9.17) is 4.74 Å². The maximum absolute atomic E-state index is 13.5. The fourth-order valence-electron chi connectivity index (χ4n) is 3.39. The van der Waals surface area contributed by atoms with E-state index in [1.807, 2.05) is 0 Å². The number of nitro benzene ring substituents is 1. The number of halogens is 1. The van der Waals surface area contributed by atoms with E-state index in [1.54, 1.807) is 36.3 Å². The number of nitro groups is 1. The molecule has 1 fully saturated rings. The molecule has 7 nitrogen and oxygen atoms in total. The highest BCUT2D eigenvalue weighted by Crippen LogP contribution is 2.18. The number of carbonyl (C=O) groups is 1. The second-order valence-electron chi connectivity index (χ2n) is 6.89. The van der Waals surface area contributed by atoms with Crippen LogP contribution in [0.5, 0.6) is 5.75 Å². The summed E-state index contributed by atoms with van der Waals surface area (Å²) in [5.41, 5.74) is 1.41. The molecule has 1 amide bonds. The molecule has 2 aromatic rings. The van der Waals surface area contributed by atoms with Crippen molar-refractivity contribution in [3.63, 3.8) is 0 Å². The Kier molecular flexibility index (Phi) is 6.56. The van der Waals surface area contributed by atoms with Gasteiger partial charge in [0.15, 0.2) is 0 Å². The molecule has 0 radical (unpaired) electrons. The van der Waals surface area contributed by atoms with E-state index in [0.29, 0.717) is 30.9 Å². The van der Waals surface area contributed by atoms with E-state index in [0.717, 1.165) is 18.7 Å². The Bertz CT molecular complexity index is 924. The van der Waals surface area contributed by atoms with Gasteiger partial charge in [-0.05, 0) is 29.8 Å². The Labute approximate surface area is 168 Å². The van der Waals surface area contributed by atoms with Gasteiger partial charge in [-0.25, -0.2) is 4.39 Å². The van der Waals surface area contributed by atoms with Crippen molar-refractivity contribution in [2.75, 3.05) is 33.3 Å². The first kappa shape index (κ1) is 20.5. The van der Waals surface area contributed by atoms with Gasteiger partial charge < -0.3 is 14.5 Å². The van der Waals surface area contributed by atoms with Crippen LogP contribution in [-0.4, -0.2) is 49.0 Å². The van der Waals surface area contributed by atoms with E-state index >= 15 is 0 Å². The summed E-state index contributed by atoms with van der Waals surface area (Å²) in [5, 5.41) is 10.8. The molecule has 3 rings (SSSR count). The average molecular weight is 400 g/mol. The lowest BCUT2D eigenvalue weighted by molar-refractivity contribution is -0.917. The van der Waals surface area contributed by atoms with Crippen LogP contribution in [0, 0.1) is 15.9 Å². The number of carbonyl (C=O) groups excluding carboxylic acids is 1. The zero-order chi connectivity index (χ0) is 20.8. The molecule has 8 heteroatoms. The van der Waals surface area contributed by atoms with Crippen molar-refractivity contribution in [2.24, 2.45) is 0 Å². The highest BCUT2D eigenvalue weighted by Gasteiger charge is 2.23. The number of benzene rings is 2. The van der Waals surface area contributed by atoms with Gasteiger partial charge in [0.05, 0.1) is 43.8 Å². The highest BCUT2D eigenvalue weighted by atomic mass is 19.1. The van der Waals surface area contributed by atoms with Crippen LogP contribution in [0.3, 0.4) is 0 Å². The van der Waals surface area contributed by atoms with Crippen molar-refractivity contribution in [1.29, 1.82) is 0 Å². The quantitative estimate of drug-likeness (QED) is 0.455. The van der Waals surface area contributed by atoms with Crippen molar-refractivity contribution < 1.29 is 23.7 Å². The standard InChI is InChI=1S/C21H22FN3O4/c1-29-20-7-6-18(22)14-17(20)15-23-9-11-24(12-10-23)21(26)8-5-16-3-2-4-19(13-16)25(27)28/h2-8,13-14H,9-12,15H2,1H3/p+1/b8-5+. The van der Waals surface area contributed by atoms with Crippen LogP contribution in [0.4, 0.5) is 10.1 Å². The Morgan fingerprint density at radius 1 is 1.28 bits per heavy atom. The lowest BCUT2D eigenvalue weighted by atomic mass is 10.1. The molecular weight excluding hydrogens is 377 g/mol. The summed E-state index contributed by atoms with van der Waals surface area (Å²) in [6.45, 7) is 3.30. The fraction of sp³-hybridized carbons (Fsp3) is 0.286. The summed E-state index contributed by atoms with van der Waals surface area (Å²) >= 11 is 0. The Balaban J connectivity index is 1.55. The topological polar surface area (TPSA) is 77.1 Å². The predicted molar refractivity (Wildman–Crippen MR) is 106 cm³/mol. The lowest BCUT2D eigenvalue weighted by Gasteiger charge is -2.32. The molecule has 0 aliphatic carbocycles. The largest absolute Gasteiger partial charge is 0.496 e. The molecule has 2 aromatic carbocycles. The number of piperazine rings is 1. The number of rotatable bonds is 6. The highest BCUT2D eigenvalue weighted by molar-refractivity contribution is 5.91. The normalized spacial score (nSPS) is 14.9. The number of nitrogens with zero attached hydrogens (tertiary/aromatic N) is 2. The van der Waals surface area contributed by atoms with Crippen molar-refractivity contribution in [3.05, 3.63) is 75.6 Å². The molecule has 1 heterocycles. The van der Waals surface area contributed by atoms with E-state index in [-0.39, 0.29) is 17.4 Å². The molecule has 0 saturated carbocycles. The average Bonchev–Trinajstić information content (AvgIpc) is 2.73. The van der Waals surface area contributed by atoms with E-state index in [2.05, 4.69) is 0 Å². The first-order chi connectivity index (χ1) is 14.0. The Morgan fingerprint density at radius 2 is 2.03 bits per heavy atom. The SMILES string of the molecule is COc1ccc(F)cc1C[NH+]1CCN(C(=O)/C=C/c2cccc([N+](=O)[O-])c2)CC1. The molecule has 1 saturated heterocycles. The summed E-state index contributed by atoms with van der Waals surface area (Å²) < 4.78 is 18.8. The van der Waals surface area contributed by atoms with Gasteiger partial charge >= 0.3 is 0 Å². The minimum Gasteiger partial charge on any atom is -0.496 e. The van der Waals surface area contributed by atoms with Gasteiger partial charge in [-0.15, -0.1) is 0 Å². The van der Waals surface area contributed by atoms with Crippen LogP contribution < -0.4 is 9.64 Å². The van der Waals surface area contributed by atoms with Gasteiger partial charge in [0.1, 0.15) is 18.1 Å². The molecular formula is C21H23FN3O4+. The van der Waals surface area contributed by atoms with Crippen molar-refractivity contribution in [2.45, 2.75) is 6.54 Å². The summed E-state index contributed by atoms with van der Waals surface area (Å²) in [7, 11) is 1.57. The number of methoxy groups -OCH3 is 1. The Hall–Kier alpha value is -3.26. The molecule has 0 aromatic heterocycles. The van der Waals surface area contributed by atoms with Gasteiger partial charge in [0.25, 0.3) is 5.69 Å². The molecule has 1 aliphatic heterocycles. The minimum absolute atomic E-state index is 0.00964. The van der Waals surface area contributed by atoms with Gasteiger partial charge in [-0.2, -0.15) is 0 Å². The van der Waals surface area contributed by atoms with Crippen LogP contribution in [0.1, 0.15) is 11.1 Å². The number of amides is 1. The third-order valence-electron chi connectivity index (χ3n) is 4.96. The third-order valence-corrected chi connectivity index (χ3v) is 4.96. The zero-order valence-electron chi connectivity index (χ0n) is 16.1. The predicted octanol–water partition coefficient (Wildman–Crippen LogP) is 1.68. The van der Waals surface area contributed by atoms with Crippen molar-refractivity contribution in [3.8, 4) is 5.75 Å². The van der Waals surface area contributed by atoms with Gasteiger partial charge in [-0.3, -0.25) is 14.9 Å². The van der Waals surface area contributed by atoms with E-state index < -0.39 is 4.92 Å². The molecule has 0 atom stereocenters. The first-order valence-electron chi connectivity index (χ1n) is 9.33. The van der Waals surface area contributed by atoms with E-state index in [9.17, 15) is 19.3 Å². The van der Waals surface area contributed by atoms with Crippen LogP contribution in [0.2, 0.25) is 0 Å². The number of nitrogens with one attached hydrogen (secondary N) is 1. The van der Waals surface area contributed by atoms with Crippen LogP contribution in [0.15, 0.2) is 48.5 Å². The fourth-order valence-corrected chi connectivity index (χ4v) is 3.39. The number of hydrogen-bond acceptors (Lipinski definition) is 4. The smallest absolute Gasteiger partial charge is 0.270 e. The minimum atomic E-state index is -0.464. The number of quaternary nitrogens is 1. The first-order valence-corrected chi connectivity index (χ1v) is 9.33. The molecule has 1 N–H and O–H groups in total. The van der Waals surface area contributed by atoms with Crippen molar-refractivity contribution in [1.82, 2.24) is 4.90 Å². The van der Waals surface area contributed by atoms with Gasteiger partial charge in [0, 0.05) is 18.2 Å².